The molecular formula is C10H17NO. The fourth-order valence-corrected chi connectivity index (χ4v) is 1.79. The summed E-state index contributed by atoms with van der Waals surface area (Å²) in [6, 6.07) is 0. The zero-order valence-electron chi connectivity index (χ0n) is 7.64. The molecule has 0 spiro atoms. The quantitative estimate of drug-likeness (QED) is 0.595. The summed E-state index contributed by atoms with van der Waals surface area (Å²) in [6.45, 7) is 3.86. The molecule has 0 amide bonds. The average Bonchev–Trinajstić information content (AvgIpc) is 2.06. The summed E-state index contributed by atoms with van der Waals surface area (Å²) in [4.78, 5) is 0. The van der Waals surface area contributed by atoms with Crippen molar-refractivity contribution in [2.24, 2.45) is 5.92 Å². The number of piperidine rings is 1. The molecule has 0 aromatic rings. The lowest BCUT2D eigenvalue weighted by molar-refractivity contribution is -0.00889. The minimum atomic E-state index is -0.656. The molecule has 2 heteroatoms. The van der Waals surface area contributed by atoms with Crippen molar-refractivity contribution in [2.75, 3.05) is 13.1 Å². The van der Waals surface area contributed by atoms with E-state index in [4.69, 9.17) is 6.42 Å². The molecule has 1 aliphatic heterocycles. The van der Waals surface area contributed by atoms with Crippen LogP contribution in [-0.2, 0) is 0 Å². The predicted molar refractivity (Wildman–Crippen MR) is 49.7 cm³/mol. The van der Waals surface area contributed by atoms with Crippen LogP contribution in [-0.4, -0.2) is 23.8 Å². The molecule has 1 rings (SSSR count). The van der Waals surface area contributed by atoms with Gasteiger partial charge >= 0.3 is 0 Å². The van der Waals surface area contributed by atoms with E-state index in [1.807, 2.05) is 6.92 Å². The van der Waals surface area contributed by atoms with Crippen molar-refractivity contribution in [3.8, 4) is 12.3 Å². The molecular weight excluding hydrogens is 150 g/mol. The summed E-state index contributed by atoms with van der Waals surface area (Å²) in [5.74, 6) is 2.91. The van der Waals surface area contributed by atoms with E-state index in [1.165, 1.54) is 0 Å². The molecule has 68 valence electrons. The van der Waals surface area contributed by atoms with Crippen molar-refractivity contribution in [3.05, 3.63) is 0 Å². The van der Waals surface area contributed by atoms with Crippen LogP contribution in [0.1, 0.15) is 26.2 Å². The van der Waals surface area contributed by atoms with Crippen molar-refractivity contribution in [3.63, 3.8) is 0 Å². The van der Waals surface area contributed by atoms with Crippen molar-refractivity contribution in [1.29, 1.82) is 0 Å². The van der Waals surface area contributed by atoms with Gasteiger partial charge in [-0.05, 0) is 38.8 Å². The lowest BCUT2D eigenvalue weighted by Crippen LogP contribution is -2.41. The summed E-state index contributed by atoms with van der Waals surface area (Å²) < 4.78 is 0. The Balaban J connectivity index is 2.48. The highest BCUT2D eigenvalue weighted by atomic mass is 16.3. The van der Waals surface area contributed by atoms with Crippen molar-refractivity contribution < 1.29 is 5.11 Å². The third-order valence-corrected chi connectivity index (χ3v) is 2.68. The number of rotatable bonds is 2. The molecule has 0 radical (unpaired) electrons. The second-order valence-electron chi connectivity index (χ2n) is 3.76. The highest BCUT2D eigenvalue weighted by Gasteiger charge is 2.31. The Bertz CT molecular complexity index is 175. The van der Waals surface area contributed by atoms with E-state index in [2.05, 4.69) is 11.2 Å². The average molecular weight is 167 g/mol. The van der Waals surface area contributed by atoms with Gasteiger partial charge in [0, 0.05) is 6.42 Å². The van der Waals surface area contributed by atoms with Gasteiger partial charge in [0.25, 0.3) is 0 Å². The lowest BCUT2D eigenvalue weighted by Gasteiger charge is -2.34. The maximum atomic E-state index is 9.97. The van der Waals surface area contributed by atoms with Crippen LogP contribution in [0.4, 0.5) is 0 Å². The Kier molecular flexibility index (Phi) is 3.13. The highest BCUT2D eigenvalue weighted by molar-refractivity contribution is 4.97. The Morgan fingerprint density at radius 1 is 1.58 bits per heavy atom. The number of aliphatic hydroxyl groups is 1. The minimum absolute atomic E-state index is 0.370. The number of hydrogen-bond donors (Lipinski definition) is 2. The zero-order chi connectivity index (χ0) is 9.03. The highest BCUT2D eigenvalue weighted by Crippen LogP contribution is 2.27. The Morgan fingerprint density at radius 3 is 2.67 bits per heavy atom. The van der Waals surface area contributed by atoms with Crippen LogP contribution in [0.25, 0.3) is 0 Å². The van der Waals surface area contributed by atoms with Crippen LogP contribution < -0.4 is 5.32 Å². The molecule has 1 atom stereocenters. The third-order valence-electron chi connectivity index (χ3n) is 2.68. The smallest absolute Gasteiger partial charge is 0.0757 e. The molecule has 0 aromatic heterocycles. The first-order valence-corrected chi connectivity index (χ1v) is 4.53. The number of nitrogens with one attached hydrogen (secondary N) is 1. The van der Waals surface area contributed by atoms with Gasteiger partial charge in [-0.2, -0.15) is 0 Å². The predicted octanol–water partition coefficient (Wildman–Crippen LogP) is 0.760. The number of terminal acetylenes is 1. The second-order valence-corrected chi connectivity index (χ2v) is 3.76. The topological polar surface area (TPSA) is 32.3 Å². The third kappa shape index (κ3) is 2.23. The van der Waals surface area contributed by atoms with Crippen LogP contribution in [0.15, 0.2) is 0 Å². The normalized spacial score (nSPS) is 24.4. The van der Waals surface area contributed by atoms with Crippen LogP contribution in [0, 0.1) is 18.3 Å². The van der Waals surface area contributed by atoms with Crippen LogP contribution in [0.5, 0.6) is 0 Å². The van der Waals surface area contributed by atoms with Gasteiger partial charge in [-0.15, -0.1) is 12.3 Å². The van der Waals surface area contributed by atoms with E-state index in [0.29, 0.717) is 12.3 Å². The first kappa shape index (κ1) is 9.57. The first-order chi connectivity index (χ1) is 5.67. The lowest BCUT2D eigenvalue weighted by atomic mass is 9.80. The molecule has 1 aliphatic rings. The van der Waals surface area contributed by atoms with Gasteiger partial charge in [-0.3, -0.25) is 0 Å². The molecule has 0 bridgehead atoms. The molecule has 1 saturated heterocycles. The van der Waals surface area contributed by atoms with E-state index in [9.17, 15) is 5.11 Å². The molecule has 2 nitrogen and oxygen atoms in total. The van der Waals surface area contributed by atoms with E-state index < -0.39 is 5.60 Å². The summed E-state index contributed by atoms with van der Waals surface area (Å²) in [5.41, 5.74) is -0.656. The van der Waals surface area contributed by atoms with Crippen molar-refractivity contribution in [2.45, 2.75) is 31.8 Å². The molecule has 12 heavy (non-hydrogen) atoms. The van der Waals surface area contributed by atoms with Gasteiger partial charge < -0.3 is 10.4 Å². The fourth-order valence-electron chi connectivity index (χ4n) is 1.79. The van der Waals surface area contributed by atoms with Crippen molar-refractivity contribution >= 4 is 0 Å². The van der Waals surface area contributed by atoms with Gasteiger partial charge in [0.2, 0.25) is 0 Å². The monoisotopic (exact) mass is 167 g/mol. The Labute approximate surface area is 74.4 Å². The summed E-state index contributed by atoms with van der Waals surface area (Å²) in [5, 5.41) is 13.2. The van der Waals surface area contributed by atoms with Crippen LogP contribution in [0.2, 0.25) is 0 Å². The maximum absolute atomic E-state index is 9.97. The largest absolute Gasteiger partial charge is 0.389 e. The van der Waals surface area contributed by atoms with E-state index in [-0.39, 0.29) is 0 Å². The zero-order valence-corrected chi connectivity index (χ0v) is 7.64. The van der Waals surface area contributed by atoms with Gasteiger partial charge in [0.05, 0.1) is 5.60 Å². The van der Waals surface area contributed by atoms with Gasteiger partial charge in [-0.1, -0.05) is 0 Å². The van der Waals surface area contributed by atoms with Gasteiger partial charge in [0.1, 0.15) is 0 Å². The molecule has 1 unspecified atom stereocenters. The molecule has 0 aliphatic carbocycles. The van der Waals surface area contributed by atoms with Crippen LogP contribution >= 0.6 is 0 Å². The summed E-state index contributed by atoms with van der Waals surface area (Å²) >= 11 is 0. The summed E-state index contributed by atoms with van der Waals surface area (Å²) in [7, 11) is 0. The SMILES string of the molecule is C#CCC(C)(O)C1CCNCC1. The molecule has 0 aromatic carbocycles. The minimum Gasteiger partial charge on any atom is -0.389 e. The Morgan fingerprint density at radius 2 is 2.17 bits per heavy atom. The molecule has 2 N–H and O–H groups in total. The maximum Gasteiger partial charge on any atom is 0.0757 e. The van der Waals surface area contributed by atoms with E-state index in [0.717, 1.165) is 25.9 Å². The fraction of sp³-hybridized carbons (Fsp3) is 0.800. The molecule has 0 saturated carbocycles. The first-order valence-electron chi connectivity index (χ1n) is 4.53. The van der Waals surface area contributed by atoms with Crippen molar-refractivity contribution in [1.82, 2.24) is 5.32 Å². The van der Waals surface area contributed by atoms with E-state index in [1.54, 1.807) is 0 Å². The van der Waals surface area contributed by atoms with Gasteiger partial charge in [-0.25, -0.2) is 0 Å². The van der Waals surface area contributed by atoms with Gasteiger partial charge in [0.15, 0.2) is 0 Å². The molecule has 1 heterocycles. The second kappa shape index (κ2) is 3.93. The summed E-state index contributed by atoms with van der Waals surface area (Å²) in [6.07, 6.45) is 7.74. The molecule has 1 fully saturated rings. The Hall–Kier alpha value is -0.520. The number of hydrogen-bond acceptors (Lipinski definition) is 2. The van der Waals surface area contributed by atoms with E-state index >= 15 is 0 Å². The van der Waals surface area contributed by atoms with Crippen LogP contribution in [0.3, 0.4) is 0 Å². The standard InChI is InChI=1S/C10H17NO/c1-3-6-10(2,12)9-4-7-11-8-5-9/h1,9,11-12H,4-8H2,2H3.